The molecule has 0 amide bonds. The van der Waals surface area contributed by atoms with Gasteiger partial charge in [-0.1, -0.05) is 20.8 Å². The quantitative estimate of drug-likeness (QED) is 0.751. The maximum absolute atomic E-state index is 5.60. The molecule has 1 atom stereocenters. The van der Waals surface area contributed by atoms with Crippen LogP contribution in [-0.4, -0.2) is 49.8 Å². The van der Waals surface area contributed by atoms with Crippen LogP contribution in [0.1, 0.15) is 53.9 Å². The van der Waals surface area contributed by atoms with Crippen molar-refractivity contribution in [2.75, 3.05) is 32.8 Å². The van der Waals surface area contributed by atoms with Crippen LogP contribution < -0.4 is 5.32 Å². The zero-order chi connectivity index (χ0) is 14.3. The zero-order valence-corrected chi connectivity index (χ0v) is 13.7. The Labute approximate surface area is 120 Å². The lowest BCUT2D eigenvalue weighted by atomic mass is 9.86. The summed E-state index contributed by atoms with van der Waals surface area (Å²) in [7, 11) is 0. The lowest BCUT2D eigenvalue weighted by molar-refractivity contribution is 0.0737. The Morgan fingerprint density at radius 3 is 2.63 bits per heavy atom. The molecule has 3 heteroatoms. The average Bonchev–Trinajstić information content (AvgIpc) is 2.53. The molecule has 0 radical (unpaired) electrons. The monoisotopic (exact) mass is 270 g/mol. The molecule has 0 aromatic heterocycles. The smallest absolute Gasteiger partial charge is 0.0518 e. The fourth-order valence-corrected chi connectivity index (χ4v) is 2.53. The minimum absolute atomic E-state index is 0.351. The summed E-state index contributed by atoms with van der Waals surface area (Å²) in [6, 6.07) is 0.613. The molecule has 0 aromatic carbocycles. The summed E-state index contributed by atoms with van der Waals surface area (Å²) in [5.74, 6) is 0. The van der Waals surface area contributed by atoms with E-state index in [0.29, 0.717) is 17.6 Å². The third-order valence-corrected chi connectivity index (χ3v) is 3.85. The first-order valence-corrected chi connectivity index (χ1v) is 7.97. The summed E-state index contributed by atoms with van der Waals surface area (Å²) in [5.41, 5.74) is 0.351. The molecule has 0 aliphatic carbocycles. The van der Waals surface area contributed by atoms with Crippen LogP contribution in [0.5, 0.6) is 0 Å². The van der Waals surface area contributed by atoms with Gasteiger partial charge in [-0.2, -0.15) is 0 Å². The van der Waals surface area contributed by atoms with Gasteiger partial charge in [0, 0.05) is 19.2 Å². The number of hydrogen-bond donors (Lipinski definition) is 1. The number of unbranched alkanes of at least 4 members (excludes halogenated alkanes) is 1. The molecule has 19 heavy (non-hydrogen) atoms. The van der Waals surface area contributed by atoms with E-state index >= 15 is 0 Å². The van der Waals surface area contributed by atoms with Crippen molar-refractivity contribution in [1.82, 2.24) is 10.2 Å². The second-order valence-corrected chi connectivity index (χ2v) is 7.15. The molecular weight excluding hydrogens is 236 g/mol. The van der Waals surface area contributed by atoms with E-state index in [0.717, 1.165) is 13.2 Å². The van der Waals surface area contributed by atoms with Gasteiger partial charge >= 0.3 is 0 Å². The molecular formula is C16H34N2O. The predicted molar refractivity (Wildman–Crippen MR) is 82.6 cm³/mol. The maximum Gasteiger partial charge on any atom is 0.0518 e. The third kappa shape index (κ3) is 7.28. The van der Waals surface area contributed by atoms with Crippen molar-refractivity contribution >= 4 is 0 Å². The minimum atomic E-state index is 0.351. The van der Waals surface area contributed by atoms with E-state index < -0.39 is 0 Å². The molecule has 1 unspecified atom stereocenters. The van der Waals surface area contributed by atoms with Crippen LogP contribution in [0.15, 0.2) is 0 Å². The number of ether oxygens (including phenoxy) is 1. The van der Waals surface area contributed by atoms with Gasteiger partial charge < -0.3 is 15.0 Å². The van der Waals surface area contributed by atoms with Crippen LogP contribution in [0.2, 0.25) is 0 Å². The topological polar surface area (TPSA) is 24.5 Å². The molecule has 0 saturated carbocycles. The van der Waals surface area contributed by atoms with Crippen molar-refractivity contribution in [2.45, 2.75) is 66.0 Å². The Kier molecular flexibility index (Phi) is 7.33. The summed E-state index contributed by atoms with van der Waals surface area (Å²) in [6.07, 6.45) is 4.08. The van der Waals surface area contributed by atoms with Gasteiger partial charge in [0.15, 0.2) is 0 Å². The lowest BCUT2D eigenvalue weighted by Gasteiger charge is -2.33. The van der Waals surface area contributed by atoms with E-state index in [1.54, 1.807) is 0 Å². The Hall–Kier alpha value is -0.120. The molecule has 114 valence electrons. The van der Waals surface area contributed by atoms with Crippen LogP contribution in [0.4, 0.5) is 0 Å². The van der Waals surface area contributed by atoms with Crippen molar-refractivity contribution in [3.8, 4) is 0 Å². The van der Waals surface area contributed by atoms with Gasteiger partial charge in [0.25, 0.3) is 0 Å². The molecule has 0 aromatic rings. The average molecular weight is 270 g/mol. The van der Waals surface area contributed by atoms with Gasteiger partial charge in [-0.3, -0.25) is 0 Å². The number of rotatable bonds is 6. The molecule has 1 aliphatic rings. The van der Waals surface area contributed by atoms with E-state index in [2.05, 4.69) is 44.8 Å². The van der Waals surface area contributed by atoms with Crippen LogP contribution >= 0.6 is 0 Å². The van der Waals surface area contributed by atoms with Crippen LogP contribution in [0.25, 0.3) is 0 Å². The van der Waals surface area contributed by atoms with E-state index in [4.69, 9.17) is 4.74 Å². The van der Waals surface area contributed by atoms with Gasteiger partial charge in [0.2, 0.25) is 0 Å². The number of nitrogens with zero attached hydrogens (tertiary/aromatic N) is 1. The Morgan fingerprint density at radius 1 is 1.26 bits per heavy atom. The highest BCUT2D eigenvalue weighted by molar-refractivity contribution is 4.85. The summed E-state index contributed by atoms with van der Waals surface area (Å²) >= 11 is 0. The largest absolute Gasteiger partial charge is 0.379 e. The molecule has 3 nitrogen and oxygen atoms in total. The van der Waals surface area contributed by atoms with E-state index in [9.17, 15) is 0 Å². The van der Waals surface area contributed by atoms with Gasteiger partial charge in [0.1, 0.15) is 0 Å². The summed E-state index contributed by atoms with van der Waals surface area (Å²) < 4.78 is 5.60. The second-order valence-electron chi connectivity index (χ2n) is 7.15. The van der Waals surface area contributed by atoms with Crippen molar-refractivity contribution in [3.63, 3.8) is 0 Å². The molecule has 1 rings (SSSR count). The summed E-state index contributed by atoms with van der Waals surface area (Å²) in [6.45, 7) is 16.9. The van der Waals surface area contributed by atoms with E-state index in [1.165, 1.54) is 38.9 Å². The third-order valence-electron chi connectivity index (χ3n) is 3.85. The molecule has 0 bridgehead atoms. The molecule has 1 heterocycles. The van der Waals surface area contributed by atoms with Gasteiger partial charge in [-0.15, -0.1) is 0 Å². The Morgan fingerprint density at radius 2 is 2.00 bits per heavy atom. The van der Waals surface area contributed by atoms with Crippen LogP contribution in [0.3, 0.4) is 0 Å². The number of hydrogen-bond acceptors (Lipinski definition) is 3. The fourth-order valence-electron chi connectivity index (χ4n) is 2.53. The molecule has 1 saturated heterocycles. The minimum Gasteiger partial charge on any atom is -0.379 e. The summed E-state index contributed by atoms with van der Waals surface area (Å²) in [4.78, 5) is 2.63. The van der Waals surface area contributed by atoms with Crippen LogP contribution in [-0.2, 0) is 4.74 Å². The molecule has 0 spiro atoms. The Bertz CT molecular complexity index is 235. The molecule has 1 fully saturated rings. The van der Waals surface area contributed by atoms with Crippen LogP contribution in [0, 0.1) is 5.41 Å². The molecule has 1 aliphatic heterocycles. The SMILES string of the molecule is CC(C)OCCCCN1CCCNC(C(C)(C)C)C1. The standard InChI is InChI=1S/C16H34N2O/c1-14(2)19-12-7-6-10-18-11-8-9-17-15(13-18)16(3,4)5/h14-15,17H,6-13H2,1-5H3. The fraction of sp³-hybridized carbons (Fsp3) is 1.00. The normalized spacial score (nSPS) is 22.7. The van der Waals surface area contributed by atoms with Gasteiger partial charge in [0.05, 0.1) is 6.10 Å². The van der Waals surface area contributed by atoms with Crippen molar-refractivity contribution in [2.24, 2.45) is 5.41 Å². The van der Waals surface area contributed by atoms with Gasteiger partial charge in [-0.05, 0) is 58.2 Å². The first-order valence-electron chi connectivity index (χ1n) is 7.97. The van der Waals surface area contributed by atoms with Gasteiger partial charge in [-0.25, -0.2) is 0 Å². The van der Waals surface area contributed by atoms with E-state index in [1.807, 2.05) is 0 Å². The number of nitrogens with one attached hydrogen (secondary N) is 1. The Balaban J connectivity index is 2.24. The first-order chi connectivity index (χ1) is 8.89. The maximum atomic E-state index is 5.60. The first kappa shape index (κ1) is 16.9. The lowest BCUT2D eigenvalue weighted by Crippen LogP contribution is -2.46. The van der Waals surface area contributed by atoms with Crippen molar-refractivity contribution in [1.29, 1.82) is 0 Å². The second kappa shape index (κ2) is 8.23. The summed E-state index contributed by atoms with van der Waals surface area (Å²) in [5, 5.41) is 3.70. The van der Waals surface area contributed by atoms with Crippen molar-refractivity contribution in [3.05, 3.63) is 0 Å². The predicted octanol–water partition coefficient (Wildman–Crippen LogP) is 2.90. The van der Waals surface area contributed by atoms with E-state index in [-0.39, 0.29) is 0 Å². The van der Waals surface area contributed by atoms with Crippen molar-refractivity contribution < 1.29 is 4.74 Å². The zero-order valence-electron chi connectivity index (χ0n) is 13.7. The highest BCUT2D eigenvalue weighted by atomic mass is 16.5. The highest BCUT2D eigenvalue weighted by Gasteiger charge is 2.27. The highest BCUT2D eigenvalue weighted by Crippen LogP contribution is 2.21. The molecule has 1 N–H and O–H groups in total.